The first-order valence-corrected chi connectivity index (χ1v) is 5.26. The normalized spacial score (nSPS) is 9.93. The predicted octanol–water partition coefficient (Wildman–Crippen LogP) is 2.38. The van der Waals surface area contributed by atoms with Gasteiger partial charge in [-0.3, -0.25) is 9.78 Å². The van der Waals surface area contributed by atoms with Gasteiger partial charge in [0.05, 0.1) is 17.5 Å². The zero-order valence-corrected chi connectivity index (χ0v) is 8.95. The average Bonchev–Trinajstić information content (AvgIpc) is 2.82. The lowest BCUT2D eigenvalue weighted by molar-refractivity contribution is 0.104. The molecule has 0 saturated carbocycles. The molecule has 4 heteroatoms. The molecule has 0 amide bonds. The van der Waals surface area contributed by atoms with Crippen LogP contribution in [0, 0.1) is 0 Å². The molecule has 2 rings (SSSR count). The molecule has 0 N–H and O–H groups in total. The molecular formula is C11H9NO2S. The van der Waals surface area contributed by atoms with Gasteiger partial charge in [-0.25, -0.2) is 0 Å². The maximum Gasteiger partial charge on any atom is 0.204 e. The van der Waals surface area contributed by atoms with E-state index in [1.165, 1.54) is 11.3 Å². The molecule has 1 aromatic heterocycles. The van der Waals surface area contributed by atoms with Crippen molar-refractivity contribution in [1.82, 2.24) is 4.98 Å². The fourth-order valence-electron chi connectivity index (χ4n) is 1.21. The van der Waals surface area contributed by atoms with Crippen molar-refractivity contribution in [2.45, 2.75) is 0 Å². The highest BCUT2D eigenvalue weighted by molar-refractivity contribution is 7.11. The largest absolute Gasteiger partial charge is 0.497 e. The molecule has 2 aromatic rings. The van der Waals surface area contributed by atoms with Crippen molar-refractivity contribution in [2.24, 2.45) is 0 Å². The summed E-state index contributed by atoms with van der Waals surface area (Å²) < 4.78 is 5.02. The van der Waals surface area contributed by atoms with E-state index in [4.69, 9.17) is 4.74 Å². The summed E-state index contributed by atoms with van der Waals surface area (Å²) in [5.74, 6) is 0.746. The highest BCUT2D eigenvalue weighted by atomic mass is 32.1. The number of aromatic nitrogens is 1. The van der Waals surface area contributed by atoms with Crippen molar-refractivity contribution in [1.29, 1.82) is 0 Å². The third-order valence-electron chi connectivity index (χ3n) is 2.01. The summed E-state index contributed by atoms with van der Waals surface area (Å²) in [7, 11) is 1.60. The lowest BCUT2D eigenvalue weighted by Gasteiger charge is -2.00. The van der Waals surface area contributed by atoms with Crippen LogP contribution in [0.3, 0.4) is 0 Å². The third-order valence-corrected chi connectivity index (χ3v) is 2.78. The zero-order chi connectivity index (χ0) is 10.7. The van der Waals surface area contributed by atoms with Gasteiger partial charge >= 0.3 is 0 Å². The van der Waals surface area contributed by atoms with Crippen molar-refractivity contribution in [2.75, 3.05) is 7.11 Å². The molecule has 1 aromatic carbocycles. The molecule has 0 bridgehead atoms. The number of thiazole rings is 1. The van der Waals surface area contributed by atoms with Crippen LogP contribution in [0.15, 0.2) is 36.0 Å². The van der Waals surface area contributed by atoms with Crippen LogP contribution in [0.2, 0.25) is 0 Å². The van der Waals surface area contributed by atoms with Gasteiger partial charge in [-0.05, 0) is 24.3 Å². The van der Waals surface area contributed by atoms with Crippen LogP contribution in [0.25, 0.3) is 0 Å². The van der Waals surface area contributed by atoms with Crippen molar-refractivity contribution >= 4 is 17.1 Å². The summed E-state index contributed by atoms with van der Waals surface area (Å²) in [5.41, 5.74) is 2.30. The molecule has 0 aliphatic rings. The number of methoxy groups -OCH3 is 1. The second-order valence-electron chi connectivity index (χ2n) is 2.92. The monoisotopic (exact) mass is 219 g/mol. The minimum Gasteiger partial charge on any atom is -0.497 e. The first-order valence-electron chi connectivity index (χ1n) is 4.38. The Labute approximate surface area is 91.4 Å². The van der Waals surface area contributed by atoms with Gasteiger partial charge in [0.2, 0.25) is 5.78 Å². The van der Waals surface area contributed by atoms with Gasteiger partial charge in [-0.1, -0.05) is 0 Å². The van der Waals surface area contributed by atoms with Gasteiger partial charge in [0.1, 0.15) is 5.75 Å². The topological polar surface area (TPSA) is 39.2 Å². The van der Waals surface area contributed by atoms with E-state index in [0.29, 0.717) is 10.4 Å². The number of benzene rings is 1. The van der Waals surface area contributed by atoms with Gasteiger partial charge in [-0.2, -0.15) is 0 Å². The van der Waals surface area contributed by atoms with Crippen LogP contribution in [-0.2, 0) is 0 Å². The molecule has 0 unspecified atom stereocenters. The fourth-order valence-corrected chi connectivity index (χ4v) is 1.79. The van der Waals surface area contributed by atoms with Gasteiger partial charge < -0.3 is 4.74 Å². The lowest BCUT2D eigenvalue weighted by atomic mass is 10.1. The van der Waals surface area contributed by atoms with Crippen molar-refractivity contribution in [3.8, 4) is 5.75 Å². The molecule has 0 aliphatic heterocycles. The van der Waals surface area contributed by atoms with Gasteiger partial charge in [0.25, 0.3) is 0 Å². The second kappa shape index (κ2) is 4.23. The Kier molecular flexibility index (Phi) is 2.78. The summed E-state index contributed by atoms with van der Waals surface area (Å²) >= 11 is 1.34. The number of carbonyl (C=O) groups excluding carboxylic acids is 1. The number of carbonyl (C=O) groups is 1. The summed E-state index contributed by atoms with van der Waals surface area (Å²) in [6, 6.07) is 7.05. The molecule has 76 valence electrons. The van der Waals surface area contributed by atoms with Crippen molar-refractivity contribution in [3.63, 3.8) is 0 Å². The Morgan fingerprint density at radius 1 is 1.33 bits per heavy atom. The summed E-state index contributed by atoms with van der Waals surface area (Å²) in [6.45, 7) is 0. The van der Waals surface area contributed by atoms with Crippen LogP contribution in [0.5, 0.6) is 5.75 Å². The molecule has 0 radical (unpaired) electrons. The first-order chi connectivity index (χ1) is 7.31. The quantitative estimate of drug-likeness (QED) is 0.744. The summed E-state index contributed by atoms with van der Waals surface area (Å²) in [6.07, 6.45) is 1.58. The third kappa shape index (κ3) is 2.05. The van der Waals surface area contributed by atoms with Crippen LogP contribution < -0.4 is 4.74 Å². The van der Waals surface area contributed by atoms with E-state index in [9.17, 15) is 4.79 Å². The second-order valence-corrected chi connectivity index (χ2v) is 3.81. The Bertz CT molecular complexity index is 448. The van der Waals surface area contributed by atoms with E-state index in [-0.39, 0.29) is 5.78 Å². The Balaban J connectivity index is 2.27. The van der Waals surface area contributed by atoms with Crippen molar-refractivity contribution < 1.29 is 9.53 Å². The standard InChI is InChI=1S/C11H9NO2S/c1-14-9-4-2-8(3-5-9)11(13)10-6-12-7-15-10/h2-7H,1H3. The molecular weight excluding hydrogens is 210 g/mol. The van der Waals surface area contributed by atoms with E-state index in [1.807, 2.05) is 0 Å². The molecule has 0 fully saturated rings. The molecule has 15 heavy (non-hydrogen) atoms. The number of nitrogens with zero attached hydrogens (tertiary/aromatic N) is 1. The Hall–Kier alpha value is -1.68. The van der Waals surface area contributed by atoms with Gasteiger partial charge in [-0.15, -0.1) is 11.3 Å². The Morgan fingerprint density at radius 3 is 2.60 bits per heavy atom. The van der Waals surface area contributed by atoms with E-state index in [1.54, 1.807) is 43.1 Å². The predicted molar refractivity (Wildman–Crippen MR) is 58.5 cm³/mol. The number of ketones is 1. The summed E-state index contributed by atoms with van der Waals surface area (Å²) in [4.78, 5) is 16.4. The first kappa shape index (κ1) is 9.86. The zero-order valence-electron chi connectivity index (χ0n) is 8.14. The van der Waals surface area contributed by atoms with E-state index >= 15 is 0 Å². The molecule has 0 saturated heterocycles. The number of hydrogen-bond donors (Lipinski definition) is 0. The SMILES string of the molecule is COc1ccc(C(=O)c2cncs2)cc1. The average molecular weight is 219 g/mol. The number of hydrogen-bond acceptors (Lipinski definition) is 4. The lowest BCUT2D eigenvalue weighted by Crippen LogP contribution is -1.98. The highest BCUT2D eigenvalue weighted by Gasteiger charge is 2.09. The van der Waals surface area contributed by atoms with Crippen molar-refractivity contribution in [3.05, 3.63) is 46.4 Å². The number of ether oxygens (including phenoxy) is 1. The molecule has 3 nitrogen and oxygen atoms in total. The smallest absolute Gasteiger partial charge is 0.204 e. The van der Waals surface area contributed by atoms with Crippen LogP contribution >= 0.6 is 11.3 Å². The van der Waals surface area contributed by atoms with Crippen LogP contribution in [-0.4, -0.2) is 17.9 Å². The minimum absolute atomic E-state index is 0.000142. The maximum atomic E-state index is 11.8. The maximum absolute atomic E-state index is 11.8. The van der Waals surface area contributed by atoms with E-state index < -0.39 is 0 Å². The van der Waals surface area contributed by atoms with Crippen LogP contribution in [0.4, 0.5) is 0 Å². The van der Waals surface area contributed by atoms with E-state index in [2.05, 4.69) is 4.98 Å². The molecule has 0 spiro atoms. The molecule has 1 heterocycles. The van der Waals surface area contributed by atoms with Crippen LogP contribution in [0.1, 0.15) is 15.2 Å². The fraction of sp³-hybridized carbons (Fsp3) is 0.0909. The summed E-state index contributed by atoms with van der Waals surface area (Å²) in [5, 5.41) is 0. The van der Waals surface area contributed by atoms with E-state index in [0.717, 1.165) is 5.75 Å². The van der Waals surface area contributed by atoms with Gasteiger partial charge in [0, 0.05) is 11.8 Å². The highest BCUT2D eigenvalue weighted by Crippen LogP contribution is 2.16. The van der Waals surface area contributed by atoms with Gasteiger partial charge in [0.15, 0.2) is 0 Å². The number of rotatable bonds is 3. The molecule has 0 atom stereocenters. The minimum atomic E-state index is 0.000142. The molecule has 0 aliphatic carbocycles. The Morgan fingerprint density at radius 2 is 2.07 bits per heavy atom.